The second-order valence-electron chi connectivity index (χ2n) is 4.48. The van der Waals surface area contributed by atoms with E-state index in [1.807, 2.05) is 0 Å². The maximum Gasteiger partial charge on any atom is 0.251 e. The number of aliphatic hydroxyl groups is 1. The summed E-state index contributed by atoms with van der Waals surface area (Å²) in [6.07, 6.45) is 0.538. The Labute approximate surface area is 105 Å². The summed E-state index contributed by atoms with van der Waals surface area (Å²) in [6.45, 7) is 1.84. The van der Waals surface area contributed by atoms with Crippen molar-refractivity contribution in [3.05, 3.63) is 29.3 Å². The van der Waals surface area contributed by atoms with Crippen molar-refractivity contribution in [2.45, 2.75) is 25.9 Å². The molecule has 0 radical (unpaired) electrons. The fraction of sp³-hybridized carbons (Fsp3) is 0.385. The molecule has 3 N–H and O–H groups in total. The molecule has 1 heterocycles. The Balaban J connectivity index is 2.11. The molecular weight excluding hydrogens is 232 g/mol. The van der Waals surface area contributed by atoms with E-state index in [0.717, 1.165) is 11.3 Å². The third-order valence-electron chi connectivity index (χ3n) is 2.82. The Morgan fingerprint density at radius 1 is 1.50 bits per heavy atom. The highest BCUT2D eigenvalue weighted by molar-refractivity contribution is 5.97. The number of benzene rings is 1. The molecule has 0 aliphatic carbocycles. The van der Waals surface area contributed by atoms with Gasteiger partial charge in [-0.2, -0.15) is 0 Å². The van der Waals surface area contributed by atoms with Gasteiger partial charge in [-0.1, -0.05) is 0 Å². The number of rotatable bonds is 3. The molecule has 1 aliphatic rings. The molecule has 5 nitrogen and oxygen atoms in total. The first-order valence-corrected chi connectivity index (χ1v) is 5.95. The fourth-order valence-corrected chi connectivity index (χ4v) is 1.87. The first-order chi connectivity index (χ1) is 8.56. The molecule has 0 saturated heterocycles. The summed E-state index contributed by atoms with van der Waals surface area (Å²) < 4.78 is 0. The van der Waals surface area contributed by atoms with Crippen LogP contribution in [0.25, 0.3) is 0 Å². The maximum absolute atomic E-state index is 11.8. The standard InChI is InChI=1S/C13H16N2O3/c1-8(16)7-14-13(18)10-2-4-11-9(6-10)3-5-12(17)15-11/h2,4,6,8,16H,3,5,7H2,1H3,(H,14,18)(H,15,17)/t8-/m1/s1. The number of nitrogens with one attached hydrogen (secondary N) is 2. The van der Waals surface area contributed by atoms with E-state index >= 15 is 0 Å². The van der Waals surface area contributed by atoms with Gasteiger partial charge in [-0.15, -0.1) is 0 Å². The van der Waals surface area contributed by atoms with Gasteiger partial charge in [0.2, 0.25) is 5.91 Å². The number of carbonyl (C=O) groups excluding carboxylic acids is 2. The van der Waals surface area contributed by atoms with E-state index in [4.69, 9.17) is 5.11 Å². The SMILES string of the molecule is C[C@@H](O)CNC(=O)c1ccc2c(c1)CCC(=O)N2. The zero-order chi connectivity index (χ0) is 13.1. The van der Waals surface area contributed by atoms with Gasteiger partial charge in [-0.05, 0) is 37.1 Å². The lowest BCUT2D eigenvalue weighted by Crippen LogP contribution is -2.30. The quantitative estimate of drug-likeness (QED) is 0.736. The maximum atomic E-state index is 11.8. The summed E-state index contributed by atoms with van der Waals surface area (Å²) in [4.78, 5) is 23.0. The lowest BCUT2D eigenvalue weighted by Gasteiger charge is -2.17. The molecule has 0 saturated carbocycles. The number of hydrogen-bond acceptors (Lipinski definition) is 3. The zero-order valence-electron chi connectivity index (χ0n) is 10.2. The van der Waals surface area contributed by atoms with Crippen molar-refractivity contribution in [2.24, 2.45) is 0 Å². The van der Waals surface area contributed by atoms with Gasteiger partial charge in [0.1, 0.15) is 0 Å². The number of amides is 2. The van der Waals surface area contributed by atoms with Crippen LogP contribution in [0.1, 0.15) is 29.3 Å². The van der Waals surface area contributed by atoms with Gasteiger partial charge < -0.3 is 15.7 Å². The van der Waals surface area contributed by atoms with E-state index in [1.54, 1.807) is 25.1 Å². The van der Waals surface area contributed by atoms with Crippen LogP contribution in [-0.2, 0) is 11.2 Å². The third kappa shape index (κ3) is 2.87. The molecule has 0 spiro atoms. The predicted octanol–water partition coefficient (Wildman–Crippen LogP) is 0.682. The van der Waals surface area contributed by atoms with Crippen molar-refractivity contribution >= 4 is 17.5 Å². The largest absolute Gasteiger partial charge is 0.392 e. The van der Waals surface area contributed by atoms with Crippen molar-refractivity contribution in [1.29, 1.82) is 0 Å². The van der Waals surface area contributed by atoms with Crippen molar-refractivity contribution in [3.63, 3.8) is 0 Å². The topological polar surface area (TPSA) is 78.4 Å². The molecule has 0 bridgehead atoms. The molecular formula is C13H16N2O3. The smallest absolute Gasteiger partial charge is 0.251 e. The number of aryl methyl sites for hydroxylation is 1. The van der Waals surface area contributed by atoms with E-state index in [0.29, 0.717) is 18.4 Å². The molecule has 2 amide bonds. The van der Waals surface area contributed by atoms with Gasteiger partial charge in [0.05, 0.1) is 6.10 Å². The van der Waals surface area contributed by atoms with Crippen molar-refractivity contribution < 1.29 is 14.7 Å². The van der Waals surface area contributed by atoms with Crippen LogP contribution in [-0.4, -0.2) is 29.6 Å². The Kier molecular flexibility index (Phi) is 3.62. The lowest BCUT2D eigenvalue weighted by molar-refractivity contribution is -0.116. The predicted molar refractivity (Wildman–Crippen MR) is 67.4 cm³/mol. The van der Waals surface area contributed by atoms with Gasteiger partial charge in [0.15, 0.2) is 0 Å². The first kappa shape index (κ1) is 12.6. The highest BCUT2D eigenvalue weighted by atomic mass is 16.3. The molecule has 18 heavy (non-hydrogen) atoms. The van der Waals surface area contributed by atoms with E-state index in [-0.39, 0.29) is 18.4 Å². The van der Waals surface area contributed by atoms with Crippen LogP contribution in [0.2, 0.25) is 0 Å². The van der Waals surface area contributed by atoms with Crippen molar-refractivity contribution in [2.75, 3.05) is 11.9 Å². The Hall–Kier alpha value is -1.88. The molecule has 0 aromatic heterocycles. The van der Waals surface area contributed by atoms with E-state index in [2.05, 4.69) is 10.6 Å². The molecule has 96 valence electrons. The third-order valence-corrected chi connectivity index (χ3v) is 2.82. The molecule has 1 aromatic carbocycles. The van der Waals surface area contributed by atoms with E-state index in [9.17, 15) is 9.59 Å². The summed E-state index contributed by atoms with van der Waals surface area (Å²) in [5.41, 5.74) is 2.29. The number of fused-ring (bicyclic) bond motifs is 1. The Morgan fingerprint density at radius 2 is 2.28 bits per heavy atom. The molecule has 5 heteroatoms. The van der Waals surface area contributed by atoms with Crippen molar-refractivity contribution in [3.8, 4) is 0 Å². The Morgan fingerprint density at radius 3 is 3.00 bits per heavy atom. The first-order valence-electron chi connectivity index (χ1n) is 5.95. The highest BCUT2D eigenvalue weighted by Gasteiger charge is 2.16. The summed E-state index contributed by atoms with van der Waals surface area (Å²) in [5.74, 6) is -0.204. The number of anilines is 1. The van der Waals surface area contributed by atoms with Gasteiger partial charge >= 0.3 is 0 Å². The van der Waals surface area contributed by atoms with E-state index in [1.165, 1.54) is 0 Å². The minimum Gasteiger partial charge on any atom is -0.392 e. The van der Waals surface area contributed by atoms with Crippen LogP contribution in [0.3, 0.4) is 0 Å². The van der Waals surface area contributed by atoms with Crippen LogP contribution >= 0.6 is 0 Å². The van der Waals surface area contributed by atoms with Crippen LogP contribution in [0.5, 0.6) is 0 Å². The minimum absolute atomic E-state index is 0.00815. The molecule has 1 atom stereocenters. The molecule has 0 fully saturated rings. The minimum atomic E-state index is -0.564. The fourth-order valence-electron chi connectivity index (χ4n) is 1.87. The van der Waals surface area contributed by atoms with Crippen molar-refractivity contribution in [1.82, 2.24) is 5.32 Å². The molecule has 1 aromatic rings. The molecule has 0 unspecified atom stereocenters. The summed E-state index contributed by atoms with van der Waals surface area (Å²) in [6, 6.07) is 5.19. The van der Waals surface area contributed by atoms with Crippen LogP contribution in [0.4, 0.5) is 5.69 Å². The number of aliphatic hydroxyl groups excluding tert-OH is 1. The van der Waals surface area contributed by atoms with Gasteiger partial charge in [0.25, 0.3) is 5.91 Å². The zero-order valence-corrected chi connectivity index (χ0v) is 10.2. The number of hydrogen-bond donors (Lipinski definition) is 3. The average molecular weight is 248 g/mol. The van der Waals surface area contributed by atoms with Gasteiger partial charge in [0, 0.05) is 24.2 Å². The lowest BCUT2D eigenvalue weighted by atomic mass is 10.00. The van der Waals surface area contributed by atoms with Gasteiger partial charge in [-0.3, -0.25) is 9.59 Å². The van der Waals surface area contributed by atoms with Crippen LogP contribution in [0, 0.1) is 0 Å². The summed E-state index contributed by atoms with van der Waals surface area (Å²) in [7, 11) is 0. The average Bonchev–Trinajstić information content (AvgIpc) is 2.35. The van der Waals surface area contributed by atoms with E-state index < -0.39 is 6.10 Å². The summed E-state index contributed by atoms with van der Waals surface area (Å²) >= 11 is 0. The summed E-state index contributed by atoms with van der Waals surface area (Å²) in [5, 5.41) is 14.5. The van der Waals surface area contributed by atoms with Crippen LogP contribution < -0.4 is 10.6 Å². The van der Waals surface area contributed by atoms with Crippen LogP contribution in [0.15, 0.2) is 18.2 Å². The highest BCUT2D eigenvalue weighted by Crippen LogP contribution is 2.23. The molecule has 1 aliphatic heterocycles. The Bertz CT molecular complexity index is 483. The molecule has 2 rings (SSSR count). The monoisotopic (exact) mass is 248 g/mol. The number of carbonyl (C=O) groups is 2. The second kappa shape index (κ2) is 5.18. The van der Waals surface area contributed by atoms with Gasteiger partial charge in [-0.25, -0.2) is 0 Å². The second-order valence-corrected chi connectivity index (χ2v) is 4.48. The normalized spacial score (nSPS) is 15.6.